The Morgan fingerprint density at radius 3 is 2.45 bits per heavy atom. The molecule has 104 valence electrons. The van der Waals surface area contributed by atoms with E-state index in [9.17, 15) is 4.79 Å². The van der Waals surface area contributed by atoms with Gasteiger partial charge in [-0.1, -0.05) is 43.3 Å². The van der Waals surface area contributed by atoms with Crippen LogP contribution in [0.1, 0.15) is 35.3 Å². The van der Waals surface area contributed by atoms with Crippen molar-refractivity contribution in [3.63, 3.8) is 0 Å². The highest BCUT2D eigenvalue weighted by Crippen LogP contribution is 2.28. The SMILES string of the molecule is CCC(Nc1cccc(C(N)=O)c1N)c1ccccc1. The van der Waals surface area contributed by atoms with Gasteiger partial charge in [0.05, 0.1) is 23.0 Å². The van der Waals surface area contributed by atoms with Gasteiger partial charge in [-0.05, 0) is 24.1 Å². The smallest absolute Gasteiger partial charge is 0.250 e. The van der Waals surface area contributed by atoms with Gasteiger partial charge in [0.2, 0.25) is 0 Å². The Kier molecular flexibility index (Phi) is 4.25. The molecule has 2 rings (SSSR count). The summed E-state index contributed by atoms with van der Waals surface area (Å²) in [5, 5.41) is 3.38. The van der Waals surface area contributed by atoms with Gasteiger partial charge in [0, 0.05) is 0 Å². The summed E-state index contributed by atoms with van der Waals surface area (Å²) >= 11 is 0. The first-order valence-electron chi connectivity index (χ1n) is 6.63. The van der Waals surface area contributed by atoms with Crippen LogP contribution in [0.25, 0.3) is 0 Å². The van der Waals surface area contributed by atoms with Crippen molar-refractivity contribution in [1.29, 1.82) is 0 Å². The molecule has 0 spiro atoms. The number of hydrogen-bond donors (Lipinski definition) is 3. The van der Waals surface area contributed by atoms with E-state index in [0.717, 1.165) is 12.1 Å². The second kappa shape index (κ2) is 6.10. The number of hydrogen-bond acceptors (Lipinski definition) is 3. The topological polar surface area (TPSA) is 81.1 Å². The van der Waals surface area contributed by atoms with Crippen LogP contribution in [-0.2, 0) is 0 Å². The van der Waals surface area contributed by atoms with Crippen molar-refractivity contribution < 1.29 is 4.79 Å². The quantitative estimate of drug-likeness (QED) is 0.730. The van der Waals surface area contributed by atoms with E-state index in [-0.39, 0.29) is 6.04 Å². The van der Waals surface area contributed by atoms with Crippen LogP contribution in [0.15, 0.2) is 48.5 Å². The van der Waals surface area contributed by atoms with Gasteiger partial charge in [0.25, 0.3) is 5.91 Å². The summed E-state index contributed by atoms with van der Waals surface area (Å²) < 4.78 is 0. The number of para-hydroxylation sites is 1. The number of anilines is 2. The molecule has 2 aromatic carbocycles. The molecule has 5 N–H and O–H groups in total. The first-order valence-corrected chi connectivity index (χ1v) is 6.63. The predicted octanol–water partition coefficient (Wildman–Crippen LogP) is 2.93. The molecular formula is C16H19N3O. The highest BCUT2D eigenvalue weighted by molar-refractivity contribution is 6.00. The number of benzene rings is 2. The van der Waals surface area contributed by atoms with Crippen molar-refractivity contribution in [3.8, 4) is 0 Å². The monoisotopic (exact) mass is 269 g/mol. The molecule has 0 aliphatic heterocycles. The number of primary amides is 1. The zero-order valence-corrected chi connectivity index (χ0v) is 11.5. The number of nitrogens with one attached hydrogen (secondary N) is 1. The van der Waals surface area contributed by atoms with E-state index in [2.05, 4.69) is 24.4 Å². The fourth-order valence-corrected chi connectivity index (χ4v) is 2.20. The van der Waals surface area contributed by atoms with Crippen LogP contribution in [-0.4, -0.2) is 5.91 Å². The van der Waals surface area contributed by atoms with Crippen LogP contribution >= 0.6 is 0 Å². The zero-order chi connectivity index (χ0) is 14.5. The number of nitrogen functional groups attached to an aromatic ring is 1. The van der Waals surface area contributed by atoms with E-state index < -0.39 is 5.91 Å². The summed E-state index contributed by atoms with van der Waals surface area (Å²) in [5.41, 5.74) is 14.0. The summed E-state index contributed by atoms with van der Waals surface area (Å²) in [7, 11) is 0. The molecule has 4 nitrogen and oxygen atoms in total. The summed E-state index contributed by atoms with van der Waals surface area (Å²) in [6, 6.07) is 15.5. The Balaban J connectivity index is 2.29. The third-order valence-corrected chi connectivity index (χ3v) is 3.31. The molecule has 20 heavy (non-hydrogen) atoms. The van der Waals surface area contributed by atoms with E-state index in [1.165, 1.54) is 5.56 Å². The van der Waals surface area contributed by atoms with Crippen molar-refractivity contribution in [2.24, 2.45) is 5.73 Å². The Labute approximate surface area is 118 Å². The molecule has 0 heterocycles. The molecule has 4 heteroatoms. The Morgan fingerprint density at radius 2 is 1.85 bits per heavy atom. The number of carbonyl (C=O) groups excluding carboxylic acids is 1. The minimum absolute atomic E-state index is 0.140. The Bertz CT molecular complexity index is 596. The third kappa shape index (κ3) is 2.91. The van der Waals surface area contributed by atoms with E-state index in [1.807, 2.05) is 24.3 Å². The van der Waals surface area contributed by atoms with Gasteiger partial charge in [-0.2, -0.15) is 0 Å². The second-order valence-corrected chi connectivity index (χ2v) is 4.65. The van der Waals surface area contributed by atoms with Crippen LogP contribution in [0.2, 0.25) is 0 Å². The molecule has 0 bridgehead atoms. The number of nitrogens with two attached hydrogens (primary N) is 2. The highest BCUT2D eigenvalue weighted by atomic mass is 16.1. The van der Waals surface area contributed by atoms with E-state index in [1.54, 1.807) is 12.1 Å². The zero-order valence-electron chi connectivity index (χ0n) is 11.5. The summed E-state index contributed by atoms with van der Waals surface area (Å²) in [5.74, 6) is -0.515. The molecule has 1 unspecified atom stereocenters. The minimum Gasteiger partial charge on any atom is -0.396 e. The van der Waals surface area contributed by atoms with Crippen LogP contribution in [0.5, 0.6) is 0 Å². The van der Waals surface area contributed by atoms with Gasteiger partial charge in [0.15, 0.2) is 0 Å². The molecule has 1 atom stereocenters. The van der Waals surface area contributed by atoms with Crippen LogP contribution in [0, 0.1) is 0 Å². The molecule has 0 saturated carbocycles. The van der Waals surface area contributed by atoms with E-state index in [4.69, 9.17) is 11.5 Å². The lowest BCUT2D eigenvalue weighted by Crippen LogP contribution is -2.16. The molecular weight excluding hydrogens is 250 g/mol. The normalized spacial score (nSPS) is 11.8. The number of rotatable bonds is 5. The summed E-state index contributed by atoms with van der Waals surface area (Å²) in [4.78, 5) is 11.3. The van der Waals surface area contributed by atoms with Crippen molar-refractivity contribution in [2.75, 3.05) is 11.1 Å². The van der Waals surface area contributed by atoms with Gasteiger partial charge in [-0.25, -0.2) is 0 Å². The fourth-order valence-electron chi connectivity index (χ4n) is 2.20. The van der Waals surface area contributed by atoms with E-state index >= 15 is 0 Å². The molecule has 2 aromatic rings. The summed E-state index contributed by atoms with van der Waals surface area (Å²) in [6.45, 7) is 2.10. The van der Waals surface area contributed by atoms with Crippen LogP contribution < -0.4 is 16.8 Å². The molecule has 0 saturated heterocycles. The molecule has 0 aromatic heterocycles. The molecule has 0 aliphatic rings. The maximum atomic E-state index is 11.3. The lowest BCUT2D eigenvalue weighted by Gasteiger charge is -2.20. The summed E-state index contributed by atoms with van der Waals surface area (Å²) in [6.07, 6.45) is 0.907. The fraction of sp³-hybridized carbons (Fsp3) is 0.188. The van der Waals surface area contributed by atoms with Gasteiger partial charge < -0.3 is 16.8 Å². The first-order chi connectivity index (χ1) is 9.63. The van der Waals surface area contributed by atoms with Crippen molar-refractivity contribution in [3.05, 3.63) is 59.7 Å². The van der Waals surface area contributed by atoms with Crippen molar-refractivity contribution >= 4 is 17.3 Å². The molecule has 0 fully saturated rings. The highest BCUT2D eigenvalue weighted by Gasteiger charge is 2.13. The van der Waals surface area contributed by atoms with Gasteiger partial charge in [-0.15, -0.1) is 0 Å². The third-order valence-electron chi connectivity index (χ3n) is 3.31. The Hall–Kier alpha value is -2.49. The van der Waals surface area contributed by atoms with Gasteiger partial charge >= 0.3 is 0 Å². The lowest BCUT2D eigenvalue weighted by atomic mass is 10.0. The molecule has 0 aliphatic carbocycles. The Morgan fingerprint density at radius 1 is 1.15 bits per heavy atom. The molecule has 1 amide bonds. The van der Waals surface area contributed by atoms with Crippen molar-refractivity contribution in [2.45, 2.75) is 19.4 Å². The van der Waals surface area contributed by atoms with E-state index in [0.29, 0.717) is 11.3 Å². The van der Waals surface area contributed by atoms with Crippen molar-refractivity contribution in [1.82, 2.24) is 0 Å². The number of carbonyl (C=O) groups is 1. The predicted molar refractivity (Wildman–Crippen MR) is 82.5 cm³/mol. The van der Waals surface area contributed by atoms with Crippen LogP contribution in [0.3, 0.4) is 0 Å². The average Bonchev–Trinajstić information content (AvgIpc) is 2.47. The standard InChI is InChI=1S/C16H19N3O/c1-2-13(11-7-4-3-5-8-11)19-14-10-6-9-12(15(14)17)16(18)20/h3-10,13,19H,2,17H2,1H3,(H2,18,20). The molecule has 0 radical (unpaired) electrons. The maximum absolute atomic E-state index is 11.3. The van der Waals surface area contributed by atoms with Gasteiger partial charge in [-0.3, -0.25) is 4.79 Å². The van der Waals surface area contributed by atoms with Gasteiger partial charge in [0.1, 0.15) is 0 Å². The number of amides is 1. The largest absolute Gasteiger partial charge is 0.396 e. The minimum atomic E-state index is -0.515. The average molecular weight is 269 g/mol. The first kappa shape index (κ1) is 13.9. The maximum Gasteiger partial charge on any atom is 0.250 e. The second-order valence-electron chi connectivity index (χ2n) is 4.65. The van der Waals surface area contributed by atoms with Crippen LogP contribution in [0.4, 0.5) is 11.4 Å². The lowest BCUT2D eigenvalue weighted by molar-refractivity contribution is 0.100.